The predicted octanol–water partition coefficient (Wildman–Crippen LogP) is 6.35. The number of carboxylic acid groups (broad SMARTS) is 1. The number of benzene rings is 3. The zero-order valence-electron chi connectivity index (χ0n) is 18.3. The molecule has 4 aromatic rings. The van der Waals surface area contributed by atoms with E-state index in [1.807, 2.05) is 54.6 Å². The lowest BCUT2D eigenvalue weighted by atomic mass is 10.0. The second-order valence-corrected chi connectivity index (χ2v) is 9.41. The van der Waals surface area contributed by atoms with Crippen LogP contribution in [0.2, 0.25) is 5.02 Å². The molecule has 0 spiro atoms. The van der Waals surface area contributed by atoms with Gasteiger partial charge in [-0.05, 0) is 54.6 Å². The van der Waals surface area contributed by atoms with Crippen LogP contribution in [0.5, 0.6) is 0 Å². The van der Waals surface area contributed by atoms with Crippen LogP contribution in [0.1, 0.15) is 30.0 Å². The molecule has 2 unspecified atom stereocenters. The first-order chi connectivity index (χ1) is 16.5. The number of halogens is 2. The Morgan fingerprint density at radius 2 is 1.91 bits per heavy atom. The third kappa shape index (κ3) is 3.40. The number of hydrogen-bond donors (Lipinski definition) is 1. The molecule has 1 N–H and O–H groups in total. The number of carboxylic acids is 1. The van der Waals surface area contributed by atoms with Gasteiger partial charge in [-0.1, -0.05) is 54.1 Å². The van der Waals surface area contributed by atoms with Gasteiger partial charge in [0.1, 0.15) is 5.52 Å². The van der Waals surface area contributed by atoms with Crippen molar-refractivity contribution in [2.24, 2.45) is 5.92 Å². The number of hydrogen-bond acceptors (Lipinski definition) is 4. The summed E-state index contributed by atoms with van der Waals surface area (Å²) in [5, 5.41) is 9.86. The van der Waals surface area contributed by atoms with Gasteiger partial charge in [0.25, 0.3) is 0 Å². The van der Waals surface area contributed by atoms with Gasteiger partial charge in [-0.3, -0.25) is 9.69 Å². The number of aromatic nitrogens is 1. The molecular weight excluding hydrogens is 455 g/mol. The molecule has 1 fully saturated rings. The minimum absolute atomic E-state index is 0.00314. The highest BCUT2D eigenvalue weighted by Crippen LogP contribution is 2.43. The van der Waals surface area contributed by atoms with E-state index in [1.165, 1.54) is 0 Å². The number of likely N-dealkylation sites (tertiary alicyclic amines) is 1. The van der Waals surface area contributed by atoms with E-state index in [1.54, 1.807) is 0 Å². The fourth-order valence-electron chi connectivity index (χ4n) is 5.38. The Morgan fingerprint density at radius 1 is 1.12 bits per heavy atom. The zero-order valence-corrected chi connectivity index (χ0v) is 19.1. The molecule has 2 atom stereocenters. The van der Waals surface area contributed by atoms with Crippen molar-refractivity contribution in [1.29, 1.82) is 0 Å². The van der Waals surface area contributed by atoms with Gasteiger partial charge < -0.3 is 9.52 Å². The fraction of sp³-hybridized carbons (Fsp3) is 0.259. The number of oxazole rings is 1. The zero-order chi connectivity index (χ0) is 23.4. The van der Waals surface area contributed by atoms with E-state index < -0.39 is 5.97 Å². The topological polar surface area (TPSA) is 66.6 Å². The summed E-state index contributed by atoms with van der Waals surface area (Å²) in [7, 11) is 0. The highest BCUT2D eigenvalue weighted by atomic mass is 35.5. The molecule has 172 valence electrons. The lowest BCUT2D eigenvalue weighted by Gasteiger charge is -2.24. The minimum atomic E-state index is -0.766. The van der Waals surface area contributed by atoms with Gasteiger partial charge in [-0.25, -0.2) is 9.37 Å². The molecule has 2 aliphatic rings. The Labute approximate surface area is 200 Å². The van der Waals surface area contributed by atoms with Crippen molar-refractivity contribution in [3.8, 4) is 22.6 Å². The van der Waals surface area contributed by atoms with Gasteiger partial charge in [-0.2, -0.15) is 0 Å². The molecule has 5 nitrogen and oxygen atoms in total. The number of carbonyl (C=O) groups is 1. The summed E-state index contributed by atoms with van der Waals surface area (Å²) in [5.74, 6) is -1.23. The van der Waals surface area contributed by atoms with Crippen molar-refractivity contribution in [2.75, 3.05) is 13.1 Å². The number of nitrogens with zero attached hydrogens (tertiary/aromatic N) is 2. The molecule has 1 aliphatic carbocycles. The molecule has 0 radical (unpaired) electrons. The smallest absolute Gasteiger partial charge is 0.307 e. The molecule has 2 heterocycles. The van der Waals surface area contributed by atoms with Crippen molar-refractivity contribution < 1.29 is 18.7 Å². The van der Waals surface area contributed by atoms with E-state index in [0.29, 0.717) is 47.6 Å². The van der Waals surface area contributed by atoms with E-state index >= 15 is 4.39 Å². The van der Waals surface area contributed by atoms with Crippen LogP contribution in [0.15, 0.2) is 59.0 Å². The van der Waals surface area contributed by atoms with Crippen LogP contribution in [0.3, 0.4) is 0 Å². The molecular formula is C27H22ClFN2O3. The standard InChI is InChI=1S/C27H22ClFN2O3/c28-23-17(15-5-2-1-3-6-15)7-4-8-19(23)26-30-21-13-20-18(24(29)25(21)34-26)9-10-22(20)31-12-11-16(14-31)27(32)33/h1-8,13,16,22H,9-12,14H2,(H,32,33). The Balaban J connectivity index is 1.39. The van der Waals surface area contributed by atoms with E-state index in [9.17, 15) is 9.90 Å². The van der Waals surface area contributed by atoms with Crippen molar-refractivity contribution in [2.45, 2.75) is 25.3 Å². The van der Waals surface area contributed by atoms with Crippen molar-refractivity contribution in [1.82, 2.24) is 9.88 Å². The summed E-state index contributed by atoms with van der Waals surface area (Å²) in [6.07, 6.45) is 1.98. The van der Waals surface area contributed by atoms with E-state index in [-0.39, 0.29) is 29.3 Å². The average Bonchev–Trinajstić information content (AvgIpc) is 3.58. The van der Waals surface area contributed by atoms with Crippen LogP contribution in [0, 0.1) is 11.7 Å². The first kappa shape index (κ1) is 21.3. The van der Waals surface area contributed by atoms with Crippen LogP contribution < -0.4 is 0 Å². The second kappa shape index (κ2) is 8.22. The third-order valence-corrected chi connectivity index (χ3v) is 7.52. The van der Waals surface area contributed by atoms with Gasteiger partial charge in [0.2, 0.25) is 5.89 Å². The quantitative estimate of drug-likeness (QED) is 0.372. The van der Waals surface area contributed by atoms with E-state index in [2.05, 4.69) is 9.88 Å². The van der Waals surface area contributed by atoms with Gasteiger partial charge in [0.05, 0.1) is 16.5 Å². The summed E-state index contributed by atoms with van der Waals surface area (Å²) in [6, 6.07) is 17.4. The average molecular weight is 477 g/mol. The first-order valence-corrected chi connectivity index (χ1v) is 11.8. The van der Waals surface area contributed by atoms with Gasteiger partial charge in [-0.15, -0.1) is 0 Å². The molecule has 3 aromatic carbocycles. The van der Waals surface area contributed by atoms with Crippen LogP contribution in [-0.2, 0) is 11.2 Å². The van der Waals surface area contributed by atoms with E-state index in [4.69, 9.17) is 16.0 Å². The van der Waals surface area contributed by atoms with Gasteiger partial charge in [0, 0.05) is 18.2 Å². The molecule has 6 rings (SSSR count). The largest absolute Gasteiger partial charge is 0.481 e. The molecule has 1 aliphatic heterocycles. The molecule has 0 bridgehead atoms. The molecule has 0 saturated carbocycles. The Morgan fingerprint density at radius 3 is 2.68 bits per heavy atom. The fourth-order valence-corrected chi connectivity index (χ4v) is 5.69. The highest BCUT2D eigenvalue weighted by Gasteiger charge is 2.37. The van der Waals surface area contributed by atoms with Crippen LogP contribution in [-0.4, -0.2) is 34.0 Å². The van der Waals surface area contributed by atoms with Gasteiger partial charge >= 0.3 is 5.97 Å². The third-order valence-electron chi connectivity index (χ3n) is 7.11. The van der Waals surface area contributed by atoms with Crippen molar-refractivity contribution in [3.05, 3.63) is 76.6 Å². The molecule has 34 heavy (non-hydrogen) atoms. The lowest BCUT2D eigenvalue weighted by Crippen LogP contribution is -2.26. The summed E-state index contributed by atoms with van der Waals surface area (Å²) in [4.78, 5) is 18.2. The van der Waals surface area contributed by atoms with Gasteiger partial charge in [0.15, 0.2) is 11.4 Å². The summed E-state index contributed by atoms with van der Waals surface area (Å²) < 4.78 is 21.5. The number of aliphatic carboxylic acids is 1. The van der Waals surface area contributed by atoms with Crippen molar-refractivity contribution >= 4 is 28.7 Å². The second-order valence-electron chi connectivity index (χ2n) is 9.03. The summed E-state index contributed by atoms with van der Waals surface area (Å²) in [6.45, 7) is 1.19. The maximum atomic E-state index is 15.5. The normalized spacial score (nSPS) is 20.2. The SMILES string of the molecule is O=C(O)C1CCN(C2CCc3c2cc2nc(-c4cccc(-c5ccccc5)c4Cl)oc2c3F)C1. The molecule has 7 heteroatoms. The lowest BCUT2D eigenvalue weighted by molar-refractivity contribution is -0.141. The summed E-state index contributed by atoms with van der Waals surface area (Å²) >= 11 is 6.75. The summed E-state index contributed by atoms with van der Waals surface area (Å²) in [5.41, 5.74) is 4.56. The Bertz CT molecular complexity index is 1420. The maximum absolute atomic E-state index is 15.5. The van der Waals surface area contributed by atoms with Crippen LogP contribution in [0.25, 0.3) is 33.7 Å². The Kier molecular flexibility index (Phi) is 5.15. The highest BCUT2D eigenvalue weighted by molar-refractivity contribution is 6.36. The monoisotopic (exact) mass is 476 g/mol. The van der Waals surface area contributed by atoms with E-state index in [0.717, 1.165) is 23.1 Å². The van der Waals surface area contributed by atoms with Crippen LogP contribution >= 0.6 is 11.6 Å². The molecule has 0 amide bonds. The number of rotatable bonds is 4. The molecule has 1 saturated heterocycles. The predicted molar refractivity (Wildman–Crippen MR) is 128 cm³/mol. The molecule has 1 aromatic heterocycles. The van der Waals surface area contributed by atoms with Crippen molar-refractivity contribution in [3.63, 3.8) is 0 Å². The van der Waals surface area contributed by atoms with Crippen LogP contribution in [0.4, 0.5) is 4.39 Å². The Hall–Kier alpha value is -3.22. The number of fused-ring (bicyclic) bond motifs is 2. The first-order valence-electron chi connectivity index (χ1n) is 11.4. The maximum Gasteiger partial charge on any atom is 0.307 e. The minimum Gasteiger partial charge on any atom is -0.481 e.